The summed E-state index contributed by atoms with van der Waals surface area (Å²) in [7, 11) is 0. The summed E-state index contributed by atoms with van der Waals surface area (Å²) >= 11 is 1.67. The Bertz CT molecular complexity index is 1540. The lowest BCUT2D eigenvalue weighted by molar-refractivity contribution is -0.245. The molecule has 5 nitrogen and oxygen atoms in total. The van der Waals surface area contributed by atoms with E-state index in [4.69, 9.17) is 9.47 Å². The van der Waals surface area contributed by atoms with Crippen LogP contribution in [0, 0.1) is 29.1 Å². The Hall–Kier alpha value is -3.77. The number of hydrogen-bond acceptors (Lipinski definition) is 5. The van der Waals surface area contributed by atoms with Gasteiger partial charge in [-0.15, -0.1) is 11.8 Å². The second kappa shape index (κ2) is 13.7. The van der Waals surface area contributed by atoms with Crippen molar-refractivity contribution < 1.29 is 41.3 Å². The fourth-order valence-electron chi connectivity index (χ4n) is 4.60. The Morgan fingerprint density at radius 3 is 1.98 bits per heavy atom. The number of aliphatic hydroxyl groups is 1. The molecule has 224 valence electrons. The Balaban J connectivity index is 1.28. The predicted molar refractivity (Wildman–Crippen MR) is 149 cm³/mol. The molecule has 0 aromatic heterocycles. The van der Waals surface area contributed by atoms with Crippen molar-refractivity contribution in [3.05, 3.63) is 136 Å². The van der Waals surface area contributed by atoms with Crippen LogP contribution < -0.4 is 5.32 Å². The van der Waals surface area contributed by atoms with Crippen LogP contribution in [0.2, 0.25) is 0 Å². The van der Waals surface area contributed by atoms with Gasteiger partial charge in [0.15, 0.2) is 29.6 Å². The van der Waals surface area contributed by atoms with Gasteiger partial charge in [-0.3, -0.25) is 4.79 Å². The minimum atomic E-state index is -2.33. The van der Waals surface area contributed by atoms with Crippen molar-refractivity contribution in [1.82, 2.24) is 5.32 Å². The van der Waals surface area contributed by atoms with Gasteiger partial charge in [0, 0.05) is 29.2 Å². The molecule has 11 heteroatoms. The fraction of sp³-hybridized carbons (Fsp3) is 0.219. The van der Waals surface area contributed by atoms with Gasteiger partial charge in [-0.25, -0.2) is 22.0 Å². The zero-order valence-electron chi connectivity index (χ0n) is 22.5. The zero-order chi connectivity index (χ0) is 30.5. The van der Waals surface area contributed by atoms with Crippen molar-refractivity contribution in [1.29, 1.82) is 0 Å². The van der Waals surface area contributed by atoms with Crippen LogP contribution in [0.15, 0.2) is 83.8 Å². The number of amides is 1. The van der Waals surface area contributed by atoms with Crippen LogP contribution in [-0.2, 0) is 22.6 Å². The van der Waals surface area contributed by atoms with Crippen molar-refractivity contribution in [2.75, 3.05) is 5.75 Å². The van der Waals surface area contributed by atoms with E-state index in [1.54, 1.807) is 36.0 Å². The average Bonchev–Trinajstić information content (AvgIpc) is 3.05. The SMILES string of the molecule is O=C(NCc1ccc(C2OC(CSc3ccccc3)CC(c3ccc(CO)cc3)O2)cc1)c1c(F)c(F)c(F)c(F)c1F. The lowest BCUT2D eigenvalue weighted by Gasteiger charge is -2.36. The summed E-state index contributed by atoms with van der Waals surface area (Å²) in [6, 6.07) is 24.1. The van der Waals surface area contributed by atoms with Gasteiger partial charge < -0.3 is 19.9 Å². The summed E-state index contributed by atoms with van der Waals surface area (Å²) in [5.74, 6) is -11.9. The lowest BCUT2D eigenvalue weighted by atomic mass is 10.0. The number of carbonyl (C=O) groups is 1. The average molecular weight is 616 g/mol. The molecule has 0 aliphatic carbocycles. The quantitative estimate of drug-likeness (QED) is 0.0907. The molecular formula is C32H26F5NO4S. The van der Waals surface area contributed by atoms with E-state index in [1.807, 2.05) is 54.6 Å². The first-order valence-corrected chi connectivity index (χ1v) is 14.3. The van der Waals surface area contributed by atoms with Gasteiger partial charge in [-0.1, -0.05) is 66.7 Å². The maximum Gasteiger partial charge on any atom is 0.257 e. The lowest BCUT2D eigenvalue weighted by Crippen LogP contribution is -2.31. The van der Waals surface area contributed by atoms with Gasteiger partial charge in [-0.2, -0.15) is 0 Å². The first-order chi connectivity index (χ1) is 20.7. The van der Waals surface area contributed by atoms with Crippen molar-refractivity contribution in [2.45, 2.75) is 43.0 Å². The Kier molecular flexibility index (Phi) is 9.76. The van der Waals surface area contributed by atoms with Gasteiger partial charge in [0.25, 0.3) is 5.91 Å². The molecule has 0 spiro atoms. The number of benzene rings is 4. The van der Waals surface area contributed by atoms with Gasteiger partial charge >= 0.3 is 0 Å². The number of halogens is 5. The summed E-state index contributed by atoms with van der Waals surface area (Å²) in [6.45, 7) is -0.302. The smallest absolute Gasteiger partial charge is 0.257 e. The minimum absolute atomic E-state index is 0.0672. The summed E-state index contributed by atoms with van der Waals surface area (Å²) in [6.07, 6.45) is -0.564. The highest BCUT2D eigenvalue weighted by Crippen LogP contribution is 2.39. The number of aliphatic hydroxyl groups excluding tert-OH is 1. The van der Waals surface area contributed by atoms with Crippen LogP contribution in [0.1, 0.15) is 51.4 Å². The molecule has 4 aromatic carbocycles. The van der Waals surface area contributed by atoms with E-state index in [-0.39, 0.29) is 25.4 Å². The van der Waals surface area contributed by atoms with Crippen molar-refractivity contribution >= 4 is 17.7 Å². The van der Waals surface area contributed by atoms with Crippen LogP contribution in [0.5, 0.6) is 0 Å². The van der Waals surface area contributed by atoms with Gasteiger partial charge in [0.1, 0.15) is 5.56 Å². The van der Waals surface area contributed by atoms with Gasteiger partial charge in [0.2, 0.25) is 5.82 Å². The second-order valence-corrected chi connectivity index (χ2v) is 10.9. The molecule has 0 bridgehead atoms. The van der Waals surface area contributed by atoms with Crippen LogP contribution in [-0.4, -0.2) is 22.9 Å². The van der Waals surface area contributed by atoms with E-state index in [0.29, 0.717) is 23.3 Å². The second-order valence-electron chi connectivity index (χ2n) is 9.84. The molecule has 0 saturated carbocycles. The van der Waals surface area contributed by atoms with Gasteiger partial charge in [-0.05, 0) is 28.8 Å². The normalized spacial score (nSPS) is 18.4. The summed E-state index contributed by atoms with van der Waals surface area (Å²) in [5, 5.41) is 11.6. The van der Waals surface area contributed by atoms with Crippen molar-refractivity contribution in [2.24, 2.45) is 0 Å². The molecule has 3 unspecified atom stereocenters. The summed E-state index contributed by atoms with van der Waals surface area (Å²) in [5.41, 5.74) is 1.36. The number of nitrogens with one attached hydrogen (secondary N) is 1. The van der Waals surface area contributed by atoms with Crippen LogP contribution in [0.4, 0.5) is 22.0 Å². The minimum Gasteiger partial charge on any atom is -0.392 e. The molecule has 1 fully saturated rings. The molecule has 1 heterocycles. The summed E-state index contributed by atoms with van der Waals surface area (Å²) in [4.78, 5) is 13.4. The monoisotopic (exact) mass is 615 g/mol. The highest BCUT2D eigenvalue weighted by molar-refractivity contribution is 7.99. The van der Waals surface area contributed by atoms with Crippen molar-refractivity contribution in [3.8, 4) is 0 Å². The van der Waals surface area contributed by atoms with Crippen LogP contribution in [0.3, 0.4) is 0 Å². The van der Waals surface area contributed by atoms with E-state index in [1.165, 1.54) is 0 Å². The van der Waals surface area contributed by atoms with E-state index in [2.05, 4.69) is 5.32 Å². The molecule has 1 aliphatic rings. The number of rotatable bonds is 9. The highest BCUT2D eigenvalue weighted by atomic mass is 32.2. The highest BCUT2D eigenvalue weighted by Gasteiger charge is 2.33. The molecule has 1 amide bonds. The molecule has 5 rings (SSSR count). The van der Waals surface area contributed by atoms with Crippen molar-refractivity contribution in [3.63, 3.8) is 0 Å². The molecule has 1 saturated heterocycles. The Morgan fingerprint density at radius 1 is 0.767 bits per heavy atom. The number of ether oxygens (including phenoxy) is 2. The topological polar surface area (TPSA) is 67.8 Å². The maximum absolute atomic E-state index is 14.0. The number of hydrogen-bond donors (Lipinski definition) is 2. The fourth-order valence-corrected chi connectivity index (χ4v) is 5.54. The third kappa shape index (κ3) is 7.07. The molecule has 1 aliphatic heterocycles. The van der Waals surface area contributed by atoms with E-state index in [0.717, 1.165) is 16.0 Å². The Labute approximate surface area is 248 Å². The van der Waals surface area contributed by atoms with E-state index < -0.39 is 46.8 Å². The third-order valence-corrected chi connectivity index (χ3v) is 8.08. The van der Waals surface area contributed by atoms with E-state index >= 15 is 0 Å². The summed E-state index contributed by atoms with van der Waals surface area (Å²) < 4.78 is 80.9. The first kappa shape index (κ1) is 30.7. The first-order valence-electron chi connectivity index (χ1n) is 13.3. The molecule has 4 aromatic rings. The maximum atomic E-state index is 14.0. The largest absolute Gasteiger partial charge is 0.392 e. The number of thioether (sulfide) groups is 1. The molecule has 43 heavy (non-hydrogen) atoms. The predicted octanol–water partition coefficient (Wildman–Crippen LogP) is 7.14. The molecule has 3 atom stereocenters. The zero-order valence-corrected chi connectivity index (χ0v) is 23.4. The Morgan fingerprint density at radius 2 is 1.35 bits per heavy atom. The molecular weight excluding hydrogens is 589 g/mol. The van der Waals surface area contributed by atoms with Gasteiger partial charge in [0.05, 0.1) is 18.8 Å². The number of carbonyl (C=O) groups excluding carboxylic acids is 1. The van der Waals surface area contributed by atoms with Crippen LogP contribution >= 0.6 is 11.8 Å². The molecule has 0 radical (unpaired) electrons. The van der Waals surface area contributed by atoms with Crippen LogP contribution in [0.25, 0.3) is 0 Å². The third-order valence-electron chi connectivity index (χ3n) is 6.94. The standard InChI is InChI=1S/C32H26F5NO4S/c33-26-25(27(34)29(36)30(37)28(26)35)31(40)38-15-18-6-12-21(13-7-18)32-41-22(17-43-23-4-2-1-3-5-23)14-24(42-32)20-10-8-19(16-39)9-11-20/h1-13,22,24,32,39H,14-17H2,(H,38,40). The van der Waals surface area contributed by atoms with E-state index in [9.17, 15) is 31.9 Å². The molecule has 2 N–H and O–H groups in total.